The predicted molar refractivity (Wildman–Crippen MR) is 71.5 cm³/mol. The molecule has 3 heteroatoms. The fraction of sp³-hybridized carbons (Fsp3) is 1.00. The third kappa shape index (κ3) is 2.59. The first-order chi connectivity index (χ1) is 8.67. The molecule has 104 valence electrons. The fourth-order valence-corrected chi connectivity index (χ4v) is 4.08. The third-order valence-electron chi connectivity index (χ3n) is 5.26. The van der Waals surface area contributed by atoms with Gasteiger partial charge in [-0.25, -0.2) is 0 Å². The maximum absolute atomic E-state index is 9.77. The monoisotopic (exact) mass is 253 g/mol. The highest BCUT2D eigenvalue weighted by molar-refractivity contribution is 4.94. The van der Waals surface area contributed by atoms with Crippen LogP contribution < -0.4 is 0 Å². The molecule has 0 aromatic rings. The van der Waals surface area contributed by atoms with Gasteiger partial charge in [0.2, 0.25) is 0 Å². The van der Waals surface area contributed by atoms with E-state index in [0.717, 1.165) is 26.1 Å². The average Bonchev–Trinajstić information content (AvgIpc) is 2.96. The molecule has 1 saturated carbocycles. The van der Waals surface area contributed by atoms with Crippen molar-refractivity contribution in [1.29, 1.82) is 0 Å². The first-order valence-electron chi connectivity index (χ1n) is 7.75. The van der Waals surface area contributed by atoms with Crippen molar-refractivity contribution in [3.05, 3.63) is 0 Å². The Balaban J connectivity index is 1.49. The van der Waals surface area contributed by atoms with Crippen molar-refractivity contribution < 1.29 is 9.84 Å². The molecule has 0 amide bonds. The van der Waals surface area contributed by atoms with Gasteiger partial charge in [0.25, 0.3) is 0 Å². The number of hydrogen-bond donors (Lipinski definition) is 1. The summed E-state index contributed by atoms with van der Waals surface area (Å²) in [5, 5.41) is 9.77. The minimum Gasteiger partial charge on any atom is -0.393 e. The molecular weight excluding hydrogens is 226 g/mol. The van der Waals surface area contributed by atoms with Gasteiger partial charge in [-0.05, 0) is 38.0 Å². The van der Waals surface area contributed by atoms with Crippen molar-refractivity contribution in [2.45, 2.75) is 69.7 Å². The zero-order valence-corrected chi connectivity index (χ0v) is 11.6. The summed E-state index contributed by atoms with van der Waals surface area (Å²) in [6.45, 7) is 5.32. The number of ether oxygens (including phenoxy) is 1. The van der Waals surface area contributed by atoms with Gasteiger partial charge in [-0.3, -0.25) is 0 Å². The summed E-state index contributed by atoms with van der Waals surface area (Å²) in [6.07, 6.45) is 9.12. The van der Waals surface area contributed by atoms with Crippen LogP contribution in [-0.2, 0) is 4.74 Å². The van der Waals surface area contributed by atoms with Gasteiger partial charge in [0.15, 0.2) is 0 Å². The fourth-order valence-electron chi connectivity index (χ4n) is 4.08. The Labute approximate surface area is 110 Å². The van der Waals surface area contributed by atoms with E-state index in [9.17, 15) is 5.11 Å². The molecule has 1 spiro atoms. The topological polar surface area (TPSA) is 32.7 Å². The summed E-state index contributed by atoms with van der Waals surface area (Å²) in [7, 11) is 0. The SMILES string of the molecule is CC1CN(CC2CCC3(CCCC3)O2)CCC1O. The molecular formula is C15H27NO2. The van der Waals surface area contributed by atoms with E-state index in [-0.39, 0.29) is 11.7 Å². The highest BCUT2D eigenvalue weighted by Crippen LogP contribution is 2.43. The number of rotatable bonds is 2. The maximum atomic E-state index is 9.77. The van der Waals surface area contributed by atoms with Gasteiger partial charge in [-0.15, -0.1) is 0 Å². The first kappa shape index (κ1) is 12.9. The van der Waals surface area contributed by atoms with Crippen LogP contribution in [0.1, 0.15) is 51.9 Å². The predicted octanol–water partition coefficient (Wildman–Crippen LogP) is 2.18. The number of aliphatic hydroxyl groups is 1. The highest BCUT2D eigenvalue weighted by atomic mass is 16.5. The van der Waals surface area contributed by atoms with Crippen molar-refractivity contribution in [2.24, 2.45) is 5.92 Å². The summed E-state index contributed by atoms with van der Waals surface area (Å²) < 4.78 is 6.37. The molecule has 3 fully saturated rings. The molecule has 3 nitrogen and oxygen atoms in total. The number of piperidine rings is 1. The highest BCUT2D eigenvalue weighted by Gasteiger charge is 2.42. The van der Waals surface area contributed by atoms with Gasteiger partial charge in [-0.2, -0.15) is 0 Å². The zero-order chi connectivity index (χ0) is 12.6. The standard InChI is InChI=1S/C15H27NO2/c1-12-10-16(9-5-14(12)17)11-13-4-8-15(18-13)6-2-3-7-15/h12-14,17H,2-11H2,1H3. The van der Waals surface area contributed by atoms with Crippen molar-refractivity contribution in [3.63, 3.8) is 0 Å². The van der Waals surface area contributed by atoms with E-state index in [2.05, 4.69) is 11.8 Å². The first-order valence-corrected chi connectivity index (χ1v) is 7.75. The van der Waals surface area contributed by atoms with Gasteiger partial charge < -0.3 is 14.7 Å². The Morgan fingerprint density at radius 1 is 1.22 bits per heavy atom. The van der Waals surface area contributed by atoms with Gasteiger partial charge in [0.05, 0.1) is 17.8 Å². The van der Waals surface area contributed by atoms with E-state index in [4.69, 9.17) is 4.74 Å². The summed E-state index contributed by atoms with van der Waals surface area (Å²) >= 11 is 0. The average molecular weight is 253 g/mol. The molecule has 0 aromatic carbocycles. The van der Waals surface area contributed by atoms with Gasteiger partial charge >= 0.3 is 0 Å². The molecule has 1 aliphatic carbocycles. The number of aliphatic hydroxyl groups excluding tert-OH is 1. The second-order valence-electron chi connectivity index (χ2n) is 6.76. The molecule has 2 saturated heterocycles. The van der Waals surface area contributed by atoms with Crippen LogP contribution in [0.25, 0.3) is 0 Å². The van der Waals surface area contributed by atoms with E-state index >= 15 is 0 Å². The lowest BCUT2D eigenvalue weighted by molar-refractivity contribution is -0.0569. The zero-order valence-electron chi connectivity index (χ0n) is 11.6. The molecule has 0 radical (unpaired) electrons. The van der Waals surface area contributed by atoms with Crippen molar-refractivity contribution >= 4 is 0 Å². The summed E-state index contributed by atoms with van der Waals surface area (Å²) in [6, 6.07) is 0. The van der Waals surface area contributed by atoms with Crippen LogP contribution in [0.15, 0.2) is 0 Å². The molecule has 0 bridgehead atoms. The normalized spacial score (nSPS) is 40.7. The molecule has 1 N–H and O–H groups in total. The number of likely N-dealkylation sites (tertiary alicyclic amines) is 1. The van der Waals surface area contributed by atoms with E-state index in [1.807, 2.05) is 0 Å². The molecule has 2 aliphatic heterocycles. The molecule has 3 atom stereocenters. The molecule has 3 rings (SSSR count). The number of hydrogen-bond acceptors (Lipinski definition) is 3. The van der Waals surface area contributed by atoms with Crippen molar-refractivity contribution in [1.82, 2.24) is 4.90 Å². The van der Waals surface area contributed by atoms with Gasteiger partial charge in [-0.1, -0.05) is 19.8 Å². The lowest BCUT2D eigenvalue weighted by atomic mass is 9.96. The Hall–Kier alpha value is -0.120. The van der Waals surface area contributed by atoms with E-state index in [1.165, 1.54) is 38.5 Å². The van der Waals surface area contributed by atoms with Crippen LogP contribution in [0.2, 0.25) is 0 Å². The maximum Gasteiger partial charge on any atom is 0.0710 e. The van der Waals surface area contributed by atoms with Crippen LogP contribution >= 0.6 is 0 Å². The minimum absolute atomic E-state index is 0.0908. The largest absolute Gasteiger partial charge is 0.393 e. The van der Waals surface area contributed by atoms with Crippen LogP contribution in [0.5, 0.6) is 0 Å². The minimum atomic E-state index is -0.0908. The quantitative estimate of drug-likeness (QED) is 0.819. The van der Waals surface area contributed by atoms with Crippen molar-refractivity contribution in [3.8, 4) is 0 Å². The second-order valence-corrected chi connectivity index (χ2v) is 6.76. The third-order valence-corrected chi connectivity index (χ3v) is 5.26. The van der Waals surface area contributed by atoms with E-state index in [0.29, 0.717) is 12.0 Å². The van der Waals surface area contributed by atoms with E-state index in [1.54, 1.807) is 0 Å². The Morgan fingerprint density at radius 3 is 2.72 bits per heavy atom. The van der Waals surface area contributed by atoms with Crippen LogP contribution in [0.3, 0.4) is 0 Å². The second kappa shape index (κ2) is 5.10. The summed E-state index contributed by atoms with van der Waals surface area (Å²) in [5.41, 5.74) is 0.269. The summed E-state index contributed by atoms with van der Waals surface area (Å²) in [4.78, 5) is 2.50. The Bertz CT molecular complexity index is 288. The van der Waals surface area contributed by atoms with Gasteiger partial charge in [0, 0.05) is 19.6 Å². The van der Waals surface area contributed by atoms with Crippen LogP contribution in [0, 0.1) is 5.92 Å². The Kier molecular flexibility index (Phi) is 3.65. The smallest absolute Gasteiger partial charge is 0.0710 e. The molecule has 18 heavy (non-hydrogen) atoms. The van der Waals surface area contributed by atoms with Gasteiger partial charge in [0.1, 0.15) is 0 Å². The Morgan fingerprint density at radius 2 is 2.00 bits per heavy atom. The molecule has 0 aromatic heterocycles. The molecule has 2 heterocycles. The molecule has 3 aliphatic rings. The number of nitrogens with zero attached hydrogens (tertiary/aromatic N) is 1. The summed E-state index contributed by atoms with van der Waals surface area (Å²) in [5.74, 6) is 0.417. The lowest BCUT2D eigenvalue weighted by Crippen LogP contribution is -2.45. The van der Waals surface area contributed by atoms with Crippen LogP contribution in [-0.4, -0.2) is 47.4 Å². The van der Waals surface area contributed by atoms with E-state index < -0.39 is 0 Å². The lowest BCUT2D eigenvalue weighted by Gasteiger charge is -2.36. The molecule has 3 unspecified atom stereocenters. The van der Waals surface area contributed by atoms with Crippen LogP contribution in [0.4, 0.5) is 0 Å². The van der Waals surface area contributed by atoms with Crippen molar-refractivity contribution in [2.75, 3.05) is 19.6 Å².